The molecule has 1 aliphatic carbocycles. The zero-order valence-electron chi connectivity index (χ0n) is 17.4. The standard InChI is InChI=1S/C22H24ClN5O2S/c1-12(2)25-17(29)7-8-31-22-27-20(26-21(24)28-22)19-15-6-4-3-5-13-10-30-11-14(18(13)15)9-16(19)23/h4-6,9,12H,3,7-8,10-11H2,1-2H3,(H,25,29)(H2,24,26,27,28). The first-order valence-electron chi connectivity index (χ1n) is 10.2. The number of carbonyl (C=O) groups is 1. The van der Waals surface area contributed by atoms with Crippen LogP contribution in [0.1, 0.15) is 43.4 Å². The number of rotatable bonds is 6. The van der Waals surface area contributed by atoms with Crippen molar-refractivity contribution in [3.05, 3.63) is 39.9 Å². The Hall–Kier alpha value is -2.42. The summed E-state index contributed by atoms with van der Waals surface area (Å²) in [6, 6.07) is 2.03. The Bertz CT molecular complexity index is 1080. The number of hydrogen-bond donors (Lipinski definition) is 2. The molecule has 0 radical (unpaired) electrons. The van der Waals surface area contributed by atoms with Gasteiger partial charge >= 0.3 is 0 Å². The molecule has 9 heteroatoms. The third-order valence-corrected chi connectivity index (χ3v) is 6.03. The molecule has 0 saturated carbocycles. The minimum absolute atomic E-state index is 0.00478. The van der Waals surface area contributed by atoms with Crippen molar-refractivity contribution in [2.45, 2.75) is 44.5 Å². The van der Waals surface area contributed by atoms with E-state index in [0.717, 1.165) is 34.2 Å². The van der Waals surface area contributed by atoms with Gasteiger partial charge in [-0.25, -0.2) is 4.98 Å². The van der Waals surface area contributed by atoms with E-state index in [-0.39, 0.29) is 17.9 Å². The summed E-state index contributed by atoms with van der Waals surface area (Å²) in [4.78, 5) is 25.1. The average molecular weight is 458 g/mol. The van der Waals surface area contributed by atoms with E-state index in [1.807, 2.05) is 19.9 Å². The Morgan fingerprint density at radius 2 is 2.13 bits per heavy atom. The molecule has 1 aliphatic heterocycles. The summed E-state index contributed by atoms with van der Waals surface area (Å²) in [6.07, 6.45) is 7.52. The van der Waals surface area contributed by atoms with Gasteiger partial charge in [0.1, 0.15) is 0 Å². The van der Waals surface area contributed by atoms with E-state index in [0.29, 0.717) is 41.4 Å². The number of nitrogen functional groups attached to an aromatic ring is 1. The number of allylic oxidation sites excluding steroid dienone is 2. The molecule has 1 amide bonds. The molecular formula is C22H24ClN5O2S. The second-order valence-electron chi connectivity index (χ2n) is 7.66. The highest BCUT2D eigenvalue weighted by Gasteiger charge is 2.25. The van der Waals surface area contributed by atoms with Gasteiger partial charge in [0.2, 0.25) is 11.9 Å². The molecule has 0 bridgehead atoms. The van der Waals surface area contributed by atoms with E-state index in [9.17, 15) is 4.79 Å². The van der Waals surface area contributed by atoms with Gasteiger partial charge in [-0.15, -0.1) is 0 Å². The van der Waals surface area contributed by atoms with Crippen LogP contribution in [0.4, 0.5) is 5.95 Å². The maximum Gasteiger partial charge on any atom is 0.224 e. The first kappa shape index (κ1) is 21.8. The zero-order valence-corrected chi connectivity index (χ0v) is 19.0. The van der Waals surface area contributed by atoms with Crippen molar-refractivity contribution in [2.24, 2.45) is 0 Å². The normalized spacial score (nSPS) is 14.8. The molecule has 162 valence electrons. The molecule has 0 saturated heterocycles. The van der Waals surface area contributed by atoms with Crippen molar-refractivity contribution in [2.75, 3.05) is 18.1 Å². The molecular weight excluding hydrogens is 434 g/mol. The number of amides is 1. The van der Waals surface area contributed by atoms with Crippen LogP contribution < -0.4 is 11.1 Å². The van der Waals surface area contributed by atoms with Gasteiger partial charge in [-0.05, 0) is 48.6 Å². The van der Waals surface area contributed by atoms with Gasteiger partial charge < -0.3 is 15.8 Å². The zero-order chi connectivity index (χ0) is 22.0. The second-order valence-corrected chi connectivity index (χ2v) is 9.13. The predicted molar refractivity (Wildman–Crippen MR) is 125 cm³/mol. The number of ether oxygens (including phenoxy) is 1. The Labute approximate surface area is 190 Å². The number of halogens is 1. The summed E-state index contributed by atoms with van der Waals surface area (Å²) in [7, 11) is 0. The molecule has 0 fully saturated rings. The molecule has 1 aromatic heterocycles. The van der Waals surface area contributed by atoms with E-state index in [4.69, 9.17) is 22.1 Å². The lowest BCUT2D eigenvalue weighted by atomic mass is 9.90. The molecule has 2 aliphatic rings. The van der Waals surface area contributed by atoms with Crippen molar-refractivity contribution in [3.8, 4) is 11.4 Å². The number of hydrogen-bond acceptors (Lipinski definition) is 7. The molecule has 2 heterocycles. The van der Waals surface area contributed by atoms with Crippen LogP contribution in [0.3, 0.4) is 0 Å². The van der Waals surface area contributed by atoms with Gasteiger partial charge in [0.25, 0.3) is 0 Å². The predicted octanol–water partition coefficient (Wildman–Crippen LogP) is 4.11. The van der Waals surface area contributed by atoms with Gasteiger partial charge in [-0.3, -0.25) is 4.79 Å². The first-order valence-corrected chi connectivity index (χ1v) is 11.5. The topological polar surface area (TPSA) is 103 Å². The lowest BCUT2D eigenvalue weighted by molar-refractivity contribution is -0.121. The molecule has 2 aromatic rings. The van der Waals surface area contributed by atoms with E-state index in [1.54, 1.807) is 0 Å². The molecule has 3 N–H and O–H groups in total. The van der Waals surface area contributed by atoms with Gasteiger partial charge in [0.05, 0.1) is 18.2 Å². The van der Waals surface area contributed by atoms with Crippen LogP contribution >= 0.6 is 23.4 Å². The minimum atomic E-state index is -0.00478. The van der Waals surface area contributed by atoms with E-state index >= 15 is 0 Å². The van der Waals surface area contributed by atoms with Crippen LogP contribution in [-0.4, -0.2) is 39.3 Å². The van der Waals surface area contributed by atoms with Crippen molar-refractivity contribution in [1.29, 1.82) is 0 Å². The van der Waals surface area contributed by atoms with Gasteiger partial charge in [0, 0.05) is 23.8 Å². The maximum atomic E-state index is 11.9. The summed E-state index contributed by atoms with van der Waals surface area (Å²) >= 11 is 8.06. The Kier molecular flexibility index (Phi) is 6.60. The fourth-order valence-electron chi connectivity index (χ4n) is 3.69. The number of thioether (sulfide) groups is 1. The number of carbonyl (C=O) groups excluding carboxylic acids is 1. The first-order chi connectivity index (χ1) is 14.9. The van der Waals surface area contributed by atoms with E-state index in [1.165, 1.54) is 11.8 Å². The molecule has 0 spiro atoms. The summed E-state index contributed by atoms with van der Waals surface area (Å²) in [5.41, 5.74) is 11.1. The monoisotopic (exact) mass is 457 g/mol. The maximum absolute atomic E-state index is 11.9. The molecule has 4 rings (SSSR count). The number of anilines is 1. The minimum Gasteiger partial charge on any atom is -0.372 e. The van der Waals surface area contributed by atoms with Gasteiger partial charge in [0.15, 0.2) is 11.0 Å². The number of nitrogens with one attached hydrogen (secondary N) is 1. The quantitative estimate of drug-likeness (QED) is 0.629. The summed E-state index contributed by atoms with van der Waals surface area (Å²) in [6.45, 7) is 4.96. The highest BCUT2D eigenvalue weighted by Crippen LogP contribution is 2.41. The fraction of sp³-hybridized carbons (Fsp3) is 0.364. The third kappa shape index (κ3) is 4.92. The van der Waals surface area contributed by atoms with Crippen LogP contribution in [0, 0.1) is 0 Å². The lowest BCUT2D eigenvalue weighted by Crippen LogP contribution is -2.30. The Balaban J connectivity index is 1.67. The number of benzene rings is 1. The van der Waals surface area contributed by atoms with Crippen LogP contribution in [0.15, 0.2) is 23.4 Å². The van der Waals surface area contributed by atoms with Crippen LogP contribution in [-0.2, 0) is 16.1 Å². The van der Waals surface area contributed by atoms with Crippen molar-refractivity contribution < 1.29 is 9.53 Å². The number of nitrogens with zero attached hydrogens (tertiary/aromatic N) is 3. The molecule has 0 unspecified atom stereocenters. The fourth-order valence-corrected chi connectivity index (χ4v) is 4.79. The molecule has 0 atom stereocenters. The van der Waals surface area contributed by atoms with Crippen LogP contribution in [0.25, 0.3) is 23.0 Å². The smallest absolute Gasteiger partial charge is 0.224 e. The van der Waals surface area contributed by atoms with Crippen molar-refractivity contribution in [3.63, 3.8) is 0 Å². The molecule has 1 aromatic carbocycles. The second kappa shape index (κ2) is 9.38. The van der Waals surface area contributed by atoms with Gasteiger partial charge in [-0.2, -0.15) is 9.97 Å². The Morgan fingerprint density at radius 3 is 2.94 bits per heavy atom. The van der Waals surface area contributed by atoms with E-state index < -0.39 is 0 Å². The highest BCUT2D eigenvalue weighted by molar-refractivity contribution is 7.99. The van der Waals surface area contributed by atoms with Crippen molar-refractivity contribution in [1.82, 2.24) is 20.3 Å². The SMILES string of the molecule is CC(C)NC(=O)CCSc1nc(N)nc(-c2c(Cl)cc3c4c2C=CCC=C4COC3)n1. The van der Waals surface area contributed by atoms with Gasteiger partial charge in [-0.1, -0.05) is 41.6 Å². The number of aromatic nitrogens is 3. The molecule has 7 nitrogen and oxygen atoms in total. The third-order valence-electron chi connectivity index (χ3n) is 4.89. The highest BCUT2D eigenvalue weighted by atomic mass is 35.5. The summed E-state index contributed by atoms with van der Waals surface area (Å²) in [5, 5.41) is 3.89. The van der Waals surface area contributed by atoms with Crippen LogP contribution in [0.5, 0.6) is 0 Å². The van der Waals surface area contributed by atoms with Crippen LogP contribution in [0.2, 0.25) is 5.02 Å². The largest absolute Gasteiger partial charge is 0.372 e. The lowest BCUT2D eigenvalue weighted by Gasteiger charge is -2.24. The van der Waals surface area contributed by atoms with E-state index in [2.05, 4.69) is 38.5 Å². The summed E-state index contributed by atoms with van der Waals surface area (Å²) in [5.74, 6) is 1.09. The molecule has 31 heavy (non-hydrogen) atoms. The van der Waals surface area contributed by atoms with Crippen molar-refractivity contribution >= 4 is 46.9 Å². The average Bonchev–Trinajstić information content (AvgIpc) is 2.91. The Morgan fingerprint density at radius 1 is 1.29 bits per heavy atom. The number of nitrogens with two attached hydrogens (primary N) is 1. The summed E-state index contributed by atoms with van der Waals surface area (Å²) < 4.78 is 5.72.